The maximum atomic E-state index is 9.07. The quantitative estimate of drug-likeness (QED) is 0.407. The molecule has 3 nitrogen and oxygen atoms in total. The van der Waals surface area contributed by atoms with Gasteiger partial charge in [-0.3, -0.25) is 0 Å². The molecular formula is C5H11BO3. The Bertz CT molecular complexity index is 98.2. The normalized spacial score (nSPS) is 43.6. The molecule has 0 spiro atoms. The lowest BCUT2D eigenvalue weighted by molar-refractivity contribution is -0.00408. The molecule has 1 aliphatic rings. The van der Waals surface area contributed by atoms with E-state index in [1.807, 2.05) is 7.85 Å². The molecule has 52 valence electrons. The van der Waals surface area contributed by atoms with Crippen LogP contribution in [0.5, 0.6) is 0 Å². The van der Waals surface area contributed by atoms with E-state index < -0.39 is 6.10 Å². The van der Waals surface area contributed by atoms with Crippen molar-refractivity contribution < 1.29 is 14.9 Å². The van der Waals surface area contributed by atoms with Crippen molar-refractivity contribution in [3.05, 3.63) is 0 Å². The van der Waals surface area contributed by atoms with Gasteiger partial charge in [-0.05, 0) is 6.42 Å². The topological polar surface area (TPSA) is 49.7 Å². The Morgan fingerprint density at radius 3 is 2.56 bits per heavy atom. The van der Waals surface area contributed by atoms with Crippen molar-refractivity contribution in [1.29, 1.82) is 0 Å². The van der Waals surface area contributed by atoms with Crippen molar-refractivity contribution >= 4 is 7.85 Å². The number of aliphatic hydroxyl groups is 2. The van der Waals surface area contributed by atoms with E-state index in [0.29, 0.717) is 6.42 Å². The third-order valence-corrected chi connectivity index (χ3v) is 1.59. The fraction of sp³-hybridized carbons (Fsp3) is 1.00. The minimum atomic E-state index is -0.468. The van der Waals surface area contributed by atoms with Crippen LogP contribution in [0.4, 0.5) is 0 Å². The maximum Gasteiger partial charge on any atom is 0.139 e. The summed E-state index contributed by atoms with van der Waals surface area (Å²) >= 11 is 0. The average molecular weight is 130 g/mol. The number of ether oxygens (including phenoxy) is 1. The summed E-state index contributed by atoms with van der Waals surface area (Å²) < 4.78 is 5.12. The van der Waals surface area contributed by atoms with Crippen LogP contribution in [0.3, 0.4) is 0 Å². The van der Waals surface area contributed by atoms with Crippen molar-refractivity contribution in [3.63, 3.8) is 0 Å². The Kier molecular flexibility index (Phi) is 2.11. The van der Waals surface area contributed by atoms with Crippen LogP contribution in [0.25, 0.3) is 0 Å². The van der Waals surface area contributed by atoms with Gasteiger partial charge in [-0.15, -0.1) is 0 Å². The highest BCUT2D eigenvalue weighted by Gasteiger charge is 2.29. The lowest BCUT2D eigenvalue weighted by atomic mass is 9.96. The highest BCUT2D eigenvalue weighted by Crippen LogP contribution is 2.17. The molecule has 0 unspecified atom stereocenters. The molecule has 1 heterocycles. The molecule has 3 atom stereocenters. The Balaban J connectivity index is 2.38. The van der Waals surface area contributed by atoms with Crippen molar-refractivity contribution in [1.82, 2.24) is 0 Å². The third kappa shape index (κ3) is 1.44. The summed E-state index contributed by atoms with van der Waals surface area (Å²) in [5, 5.41) is 17.6. The van der Waals surface area contributed by atoms with E-state index >= 15 is 0 Å². The second-order valence-electron chi connectivity index (χ2n) is 2.47. The van der Waals surface area contributed by atoms with E-state index in [2.05, 4.69) is 0 Å². The van der Waals surface area contributed by atoms with E-state index in [-0.39, 0.29) is 18.7 Å². The first-order valence-corrected chi connectivity index (χ1v) is 3.18. The Morgan fingerprint density at radius 2 is 2.33 bits per heavy atom. The molecule has 1 fully saturated rings. The zero-order chi connectivity index (χ0) is 6.85. The van der Waals surface area contributed by atoms with E-state index in [4.69, 9.17) is 14.9 Å². The van der Waals surface area contributed by atoms with Crippen LogP contribution >= 0.6 is 0 Å². The van der Waals surface area contributed by atoms with E-state index in [0.717, 1.165) is 0 Å². The largest absolute Gasteiger partial charge is 0.394 e. The molecule has 0 radical (unpaired) electrons. The van der Waals surface area contributed by atoms with Crippen LogP contribution in [0, 0.1) is 0 Å². The Morgan fingerprint density at radius 1 is 1.67 bits per heavy atom. The summed E-state index contributed by atoms with van der Waals surface area (Å²) in [6, 6.07) is 0.0946. The first-order chi connectivity index (χ1) is 4.24. The van der Waals surface area contributed by atoms with Gasteiger partial charge in [0.15, 0.2) is 0 Å². The minimum Gasteiger partial charge on any atom is -0.394 e. The van der Waals surface area contributed by atoms with Gasteiger partial charge in [0, 0.05) is 6.00 Å². The molecule has 0 aliphatic carbocycles. The summed E-state index contributed by atoms with van der Waals surface area (Å²) in [7, 11) is 1.89. The summed E-state index contributed by atoms with van der Waals surface area (Å²) in [6.45, 7) is -0.0779. The van der Waals surface area contributed by atoms with Crippen LogP contribution in [-0.4, -0.2) is 42.9 Å². The number of aliphatic hydroxyl groups excluding tert-OH is 2. The van der Waals surface area contributed by atoms with Gasteiger partial charge in [-0.25, -0.2) is 0 Å². The van der Waals surface area contributed by atoms with Crippen LogP contribution in [0.1, 0.15) is 6.42 Å². The molecule has 0 aromatic rings. The number of rotatable bonds is 1. The molecule has 0 bridgehead atoms. The van der Waals surface area contributed by atoms with Crippen LogP contribution < -0.4 is 0 Å². The Hall–Kier alpha value is -0.0551. The molecule has 0 saturated carbocycles. The fourth-order valence-corrected chi connectivity index (χ4v) is 1.10. The van der Waals surface area contributed by atoms with E-state index in [1.54, 1.807) is 0 Å². The van der Waals surface area contributed by atoms with Crippen molar-refractivity contribution in [2.75, 3.05) is 6.61 Å². The number of hydrogen-bond donors (Lipinski definition) is 2. The van der Waals surface area contributed by atoms with Gasteiger partial charge in [0.05, 0.1) is 12.7 Å². The summed E-state index contributed by atoms with van der Waals surface area (Å²) in [5.41, 5.74) is 0. The molecular weight excluding hydrogens is 119 g/mol. The van der Waals surface area contributed by atoms with E-state index in [9.17, 15) is 0 Å². The Labute approximate surface area is 55.0 Å². The van der Waals surface area contributed by atoms with Gasteiger partial charge in [0.2, 0.25) is 0 Å². The lowest BCUT2D eigenvalue weighted by Crippen LogP contribution is -2.24. The summed E-state index contributed by atoms with van der Waals surface area (Å²) in [6.07, 6.45) is -0.171. The van der Waals surface area contributed by atoms with Gasteiger partial charge in [-0.1, -0.05) is 0 Å². The summed E-state index contributed by atoms with van der Waals surface area (Å²) in [4.78, 5) is 0. The molecule has 4 heteroatoms. The molecule has 2 N–H and O–H groups in total. The van der Waals surface area contributed by atoms with Gasteiger partial charge >= 0.3 is 0 Å². The lowest BCUT2D eigenvalue weighted by Gasteiger charge is -2.08. The fourth-order valence-electron chi connectivity index (χ4n) is 1.10. The highest BCUT2D eigenvalue weighted by molar-refractivity contribution is 6.11. The zero-order valence-electron chi connectivity index (χ0n) is 5.45. The standard InChI is InChI=1S/C5H11BO3/c6-5-1-3(8)4(2-7)9-5/h3-5,7-8H,1-2,6H2/t3-,4-,5-/m0/s1. The first kappa shape index (κ1) is 7.06. The smallest absolute Gasteiger partial charge is 0.139 e. The van der Waals surface area contributed by atoms with Crippen molar-refractivity contribution in [3.8, 4) is 0 Å². The molecule has 1 aliphatic heterocycles. The first-order valence-electron chi connectivity index (χ1n) is 3.18. The van der Waals surface area contributed by atoms with Crippen LogP contribution in [0.2, 0.25) is 0 Å². The third-order valence-electron chi connectivity index (χ3n) is 1.59. The maximum absolute atomic E-state index is 9.07. The van der Waals surface area contributed by atoms with Gasteiger partial charge < -0.3 is 14.9 Å². The van der Waals surface area contributed by atoms with Gasteiger partial charge in [0.1, 0.15) is 14.0 Å². The van der Waals surface area contributed by atoms with Gasteiger partial charge in [-0.2, -0.15) is 0 Å². The second kappa shape index (κ2) is 2.69. The minimum absolute atomic E-state index is 0.0779. The second-order valence-corrected chi connectivity index (χ2v) is 2.47. The molecule has 0 amide bonds. The van der Waals surface area contributed by atoms with Crippen molar-refractivity contribution in [2.45, 2.75) is 24.6 Å². The van der Waals surface area contributed by atoms with Gasteiger partial charge in [0.25, 0.3) is 0 Å². The molecule has 0 aromatic carbocycles. The van der Waals surface area contributed by atoms with Crippen LogP contribution in [0.15, 0.2) is 0 Å². The predicted octanol–water partition coefficient (Wildman–Crippen LogP) is -1.91. The monoisotopic (exact) mass is 130 g/mol. The molecule has 0 aromatic heterocycles. The highest BCUT2D eigenvalue weighted by atomic mass is 16.5. The summed E-state index contributed by atoms with van der Waals surface area (Å²) in [5.74, 6) is 0. The van der Waals surface area contributed by atoms with Crippen LogP contribution in [-0.2, 0) is 4.74 Å². The predicted molar refractivity (Wildman–Crippen MR) is 34.9 cm³/mol. The molecule has 9 heavy (non-hydrogen) atoms. The van der Waals surface area contributed by atoms with Crippen molar-refractivity contribution in [2.24, 2.45) is 0 Å². The molecule has 1 rings (SSSR count). The number of hydrogen-bond acceptors (Lipinski definition) is 3. The SMILES string of the molecule is B[C@@H]1C[C@H](O)[C@H](CO)O1. The van der Waals surface area contributed by atoms with E-state index in [1.165, 1.54) is 0 Å². The zero-order valence-corrected chi connectivity index (χ0v) is 5.45. The molecule has 1 saturated heterocycles. The average Bonchev–Trinajstić information content (AvgIpc) is 2.10.